The van der Waals surface area contributed by atoms with E-state index in [4.69, 9.17) is 0 Å². The van der Waals surface area contributed by atoms with Gasteiger partial charge in [-0.1, -0.05) is 6.92 Å². The van der Waals surface area contributed by atoms with E-state index in [0.29, 0.717) is 5.56 Å². The van der Waals surface area contributed by atoms with Gasteiger partial charge in [0.15, 0.2) is 0 Å². The zero-order chi connectivity index (χ0) is 12.8. The molecule has 0 radical (unpaired) electrons. The molecular formula is C13H14N4O. The van der Waals surface area contributed by atoms with Crippen LogP contribution >= 0.6 is 0 Å². The monoisotopic (exact) mass is 242 g/mol. The highest BCUT2D eigenvalue weighted by atomic mass is 16.1. The molecule has 18 heavy (non-hydrogen) atoms. The van der Waals surface area contributed by atoms with Gasteiger partial charge in [0.2, 0.25) is 0 Å². The second kappa shape index (κ2) is 5.86. The Balaban J connectivity index is 2.10. The summed E-state index contributed by atoms with van der Waals surface area (Å²) < 4.78 is 0. The highest BCUT2D eigenvalue weighted by molar-refractivity contribution is 5.93. The summed E-state index contributed by atoms with van der Waals surface area (Å²) in [5.41, 5.74) is 1.56. The molecule has 2 aromatic rings. The minimum atomic E-state index is -0.145. The summed E-state index contributed by atoms with van der Waals surface area (Å²) in [5.74, 6) is -0.145. The van der Waals surface area contributed by atoms with Crippen LogP contribution in [0.15, 0.2) is 43.0 Å². The number of pyridine rings is 1. The van der Waals surface area contributed by atoms with Crippen LogP contribution in [0.3, 0.4) is 0 Å². The van der Waals surface area contributed by atoms with E-state index >= 15 is 0 Å². The first kappa shape index (κ1) is 12.2. The predicted octanol–water partition coefficient (Wildman–Crippen LogP) is 1.75. The molecule has 0 aromatic carbocycles. The second-order valence-corrected chi connectivity index (χ2v) is 3.85. The van der Waals surface area contributed by atoms with Crippen LogP contribution in [-0.4, -0.2) is 21.1 Å². The van der Waals surface area contributed by atoms with Crippen LogP contribution in [0.2, 0.25) is 0 Å². The minimum Gasteiger partial charge on any atom is -0.345 e. The molecule has 0 saturated heterocycles. The number of hydrogen-bond acceptors (Lipinski definition) is 4. The molecule has 2 heterocycles. The number of nitrogens with zero attached hydrogens (tertiary/aromatic N) is 3. The lowest BCUT2D eigenvalue weighted by Crippen LogP contribution is -2.28. The first-order valence-electron chi connectivity index (χ1n) is 5.78. The SMILES string of the molecule is CC[C@H](NC(=O)c1ccnnc1)c1ccncc1. The standard InChI is InChI=1S/C13H14N4O/c1-2-12(10-3-6-14-7-4-10)17-13(18)11-5-8-15-16-9-11/h3-9,12H,2H2,1H3,(H,17,18)/t12-/m0/s1. The number of rotatable bonds is 4. The third-order valence-corrected chi connectivity index (χ3v) is 2.67. The molecule has 0 aliphatic carbocycles. The van der Waals surface area contributed by atoms with Gasteiger partial charge in [0, 0.05) is 12.4 Å². The normalized spacial score (nSPS) is 11.8. The van der Waals surface area contributed by atoms with Crippen LogP contribution in [0.5, 0.6) is 0 Å². The smallest absolute Gasteiger partial charge is 0.253 e. The van der Waals surface area contributed by atoms with E-state index in [1.807, 2.05) is 19.1 Å². The number of hydrogen-bond donors (Lipinski definition) is 1. The molecule has 92 valence electrons. The van der Waals surface area contributed by atoms with Gasteiger partial charge in [0.1, 0.15) is 0 Å². The van der Waals surface area contributed by atoms with Crippen LogP contribution in [-0.2, 0) is 0 Å². The quantitative estimate of drug-likeness (QED) is 0.887. The summed E-state index contributed by atoms with van der Waals surface area (Å²) in [6.07, 6.45) is 7.21. The highest BCUT2D eigenvalue weighted by Gasteiger charge is 2.13. The van der Waals surface area contributed by atoms with Crippen molar-refractivity contribution in [2.24, 2.45) is 0 Å². The van der Waals surface area contributed by atoms with Crippen LogP contribution < -0.4 is 5.32 Å². The molecule has 5 heteroatoms. The fourth-order valence-corrected chi connectivity index (χ4v) is 1.68. The van der Waals surface area contributed by atoms with Gasteiger partial charge < -0.3 is 5.32 Å². The zero-order valence-electron chi connectivity index (χ0n) is 10.1. The van der Waals surface area contributed by atoms with Gasteiger partial charge in [-0.25, -0.2) is 0 Å². The highest BCUT2D eigenvalue weighted by Crippen LogP contribution is 2.15. The molecule has 0 unspecified atom stereocenters. The van der Waals surface area contributed by atoms with Crippen LogP contribution in [0.4, 0.5) is 0 Å². The maximum atomic E-state index is 12.0. The lowest BCUT2D eigenvalue weighted by molar-refractivity contribution is 0.0935. The molecule has 1 N–H and O–H groups in total. The van der Waals surface area contributed by atoms with E-state index in [2.05, 4.69) is 20.5 Å². The molecule has 1 amide bonds. The summed E-state index contributed by atoms with van der Waals surface area (Å²) in [4.78, 5) is 16.0. The molecule has 0 aliphatic heterocycles. The van der Waals surface area contributed by atoms with Crippen LogP contribution in [0.25, 0.3) is 0 Å². The van der Waals surface area contributed by atoms with E-state index in [-0.39, 0.29) is 11.9 Å². The van der Waals surface area contributed by atoms with Crippen molar-refractivity contribution in [3.8, 4) is 0 Å². The number of carbonyl (C=O) groups is 1. The molecule has 0 bridgehead atoms. The maximum absolute atomic E-state index is 12.0. The molecule has 0 fully saturated rings. The fraction of sp³-hybridized carbons (Fsp3) is 0.231. The largest absolute Gasteiger partial charge is 0.345 e. The summed E-state index contributed by atoms with van der Waals surface area (Å²) in [6, 6.07) is 5.42. The van der Waals surface area contributed by atoms with Gasteiger partial charge in [-0.2, -0.15) is 10.2 Å². The molecule has 0 spiro atoms. The maximum Gasteiger partial charge on any atom is 0.253 e. The van der Waals surface area contributed by atoms with Crippen molar-refractivity contribution in [3.05, 3.63) is 54.1 Å². The molecule has 5 nitrogen and oxygen atoms in total. The molecular weight excluding hydrogens is 228 g/mol. The van der Waals surface area contributed by atoms with Crippen LogP contribution in [0.1, 0.15) is 35.3 Å². The lowest BCUT2D eigenvalue weighted by atomic mass is 10.1. The Labute approximate surface area is 105 Å². The molecule has 2 rings (SSSR count). The van der Waals surface area contributed by atoms with Crippen molar-refractivity contribution in [2.75, 3.05) is 0 Å². The van der Waals surface area contributed by atoms with E-state index in [9.17, 15) is 4.79 Å². The first-order valence-corrected chi connectivity index (χ1v) is 5.78. The Hall–Kier alpha value is -2.30. The van der Waals surface area contributed by atoms with Gasteiger partial charge in [0.25, 0.3) is 5.91 Å². The van der Waals surface area contributed by atoms with E-state index in [0.717, 1.165) is 12.0 Å². The van der Waals surface area contributed by atoms with E-state index < -0.39 is 0 Å². The Morgan fingerprint density at radius 3 is 2.61 bits per heavy atom. The summed E-state index contributed by atoms with van der Waals surface area (Å²) >= 11 is 0. The molecule has 0 aliphatic rings. The summed E-state index contributed by atoms with van der Waals surface area (Å²) in [5, 5.41) is 10.3. The van der Waals surface area contributed by atoms with Gasteiger partial charge in [-0.3, -0.25) is 9.78 Å². The zero-order valence-corrected chi connectivity index (χ0v) is 10.1. The van der Waals surface area contributed by atoms with Gasteiger partial charge >= 0.3 is 0 Å². The average molecular weight is 242 g/mol. The van der Waals surface area contributed by atoms with Crippen molar-refractivity contribution in [1.29, 1.82) is 0 Å². The van der Waals surface area contributed by atoms with Gasteiger partial charge in [-0.15, -0.1) is 0 Å². The van der Waals surface area contributed by atoms with Crippen molar-refractivity contribution in [1.82, 2.24) is 20.5 Å². The number of aromatic nitrogens is 3. The Bertz CT molecular complexity index is 501. The third-order valence-electron chi connectivity index (χ3n) is 2.67. The van der Waals surface area contributed by atoms with Gasteiger partial charge in [0.05, 0.1) is 24.0 Å². The first-order chi connectivity index (χ1) is 8.81. The number of amides is 1. The van der Waals surface area contributed by atoms with Crippen LogP contribution in [0, 0.1) is 0 Å². The Morgan fingerprint density at radius 2 is 2.00 bits per heavy atom. The topological polar surface area (TPSA) is 67.8 Å². The average Bonchev–Trinajstić information content (AvgIpc) is 2.46. The number of nitrogens with one attached hydrogen (secondary N) is 1. The van der Waals surface area contributed by atoms with E-state index in [1.54, 1.807) is 18.5 Å². The van der Waals surface area contributed by atoms with Crippen molar-refractivity contribution < 1.29 is 4.79 Å². The van der Waals surface area contributed by atoms with E-state index in [1.165, 1.54) is 12.4 Å². The van der Waals surface area contributed by atoms with Crippen molar-refractivity contribution in [3.63, 3.8) is 0 Å². The molecule has 0 saturated carbocycles. The predicted molar refractivity (Wildman–Crippen MR) is 66.8 cm³/mol. The Morgan fingerprint density at radius 1 is 1.22 bits per heavy atom. The Kier molecular flexibility index (Phi) is 3.96. The third kappa shape index (κ3) is 2.88. The summed E-state index contributed by atoms with van der Waals surface area (Å²) in [6.45, 7) is 2.02. The number of carbonyl (C=O) groups excluding carboxylic acids is 1. The molecule has 1 atom stereocenters. The fourth-order valence-electron chi connectivity index (χ4n) is 1.68. The van der Waals surface area contributed by atoms with Gasteiger partial charge in [-0.05, 0) is 30.2 Å². The van der Waals surface area contributed by atoms with Crippen molar-refractivity contribution in [2.45, 2.75) is 19.4 Å². The molecule has 2 aromatic heterocycles. The lowest BCUT2D eigenvalue weighted by Gasteiger charge is -2.17. The van der Waals surface area contributed by atoms with Crippen molar-refractivity contribution >= 4 is 5.91 Å². The minimum absolute atomic E-state index is 0.0198. The summed E-state index contributed by atoms with van der Waals surface area (Å²) in [7, 11) is 0. The second-order valence-electron chi connectivity index (χ2n) is 3.85.